The summed E-state index contributed by atoms with van der Waals surface area (Å²) in [5.41, 5.74) is 3.23. The van der Waals surface area contributed by atoms with Gasteiger partial charge in [-0.1, -0.05) is 26.2 Å². The highest BCUT2D eigenvalue weighted by molar-refractivity contribution is 5.95. The van der Waals surface area contributed by atoms with E-state index in [1.54, 1.807) is 24.3 Å². The summed E-state index contributed by atoms with van der Waals surface area (Å²) in [7, 11) is 0. The molecule has 2 aromatic rings. The highest BCUT2D eigenvalue weighted by atomic mass is 16.5. The van der Waals surface area contributed by atoms with Gasteiger partial charge in [0, 0.05) is 17.2 Å². The number of ether oxygens (including phenoxy) is 1. The molecule has 0 heterocycles. The Morgan fingerprint density at radius 2 is 1.88 bits per heavy atom. The van der Waals surface area contributed by atoms with Crippen LogP contribution in [0.3, 0.4) is 0 Å². The van der Waals surface area contributed by atoms with Crippen LogP contribution in [0.1, 0.15) is 48.5 Å². The van der Waals surface area contributed by atoms with Gasteiger partial charge in [0.2, 0.25) is 0 Å². The van der Waals surface area contributed by atoms with Crippen molar-refractivity contribution in [3.05, 3.63) is 53.6 Å². The zero-order valence-electron chi connectivity index (χ0n) is 14.8. The first kappa shape index (κ1) is 19.3. The largest absolute Gasteiger partial charge is 0.508 e. The first-order chi connectivity index (χ1) is 12.6. The summed E-state index contributed by atoms with van der Waals surface area (Å²) in [6.07, 6.45) is 5.89. The highest BCUT2D eigenvalue weighted by Crippen LogP contribution is 2.20. The number of hydrogen-bond acceptors (Lipinski definition) is 5. The van der Waals surface area contributed by atoms with Gasteiger partial charge in [0.05, 0.1) is 12.8 Å². The molecule has 6 heteroatoms. The van der Waals surface area contributed by atoms with Crippen LogP contribution in [0.5, 0.6) is 17.2 Å². The molecule has 0 radical (unpaired) electrons. The van der Waals surface area contributed by atoms with Crippen LogP contribution in [0.4, 0.5) is 0 Å². The van der Waals surface area contributed by atoms with E-state index in [0.29, 0.717) is 17.7 Å². The number of hydrazone groups is 1. The average molecular weight is 356 g/mol. The van der Waals surface area contributed by atoms with Crippen LogP contribution in [0, 0.1) is 0 Å². The maximum Gasteiger partial charge on any atom is 0.271 e. The molecular formula is C20H24N2O4. The lowest BCUT2D eigenvalue weighted by Gasteiger charge is -2.06. The zero-order valence-corrected chi connectivity index (χ0v) is 14.8. The molecule has 138 valence electrons. The second-order valence-corrected chi connectivity index (χ2v) is 5.88. The van der Waals surface area contributed by atoms with E-state index in [0.717, 1.165) is 18.6 Å². The first-order valence-electron chi connectivity index (χ1n) is 8.68. The lowest BCUT2D eigenvalue weighted by Crippen LogP contribution is -2.17. The lowest BCUT2D eigenvalue weighted by atomic mass is 10.2. The van der Waals surface area contributed by atoms with E-state index in [2.05, 4.69) is 17.5 Å². The van der Waals surface area contributed by atoms with Crippen molar-refractivity contribution in [3.8, 4) is 17.2 Å². The fourth-order valence-corrected chi connectivity index (χ4v) is 2.29. The van der Waals surface area contributed by atoms with Gasteiger partial charge in [-0.2, -0.15) is 5.10 Å². The number of carbonyl (C=O) groups is 1. The summed E-state index contributed by atoms with van der Waals surface area (Å²) in [6, 6.07) is 11.0. The van der Waals surface area contributed by atoms with Gasteiger partial charge in [0.15, 0.2) is 0 Å². The molecule has 0 saturated heterocycles. The van der Waals surface area contributed by atoms with Crippen molar-refractivity contribution in [2.24, 2.45) is 5.10 Å². The third kappa shape index (κ3) is 6.12. The number of nitrogens with one attached hydrogen (secondary N) is 1. The molecule has 0 unspecified atom stereocenters. The van der Waals surface area contributed by atoms with E-state index < -0.39 is 0 Å². The Hall–Kier alpha value is -3.02. The van der Waals surface area contributed by atoms with Gasteiger partial charge in [-0.3, -0.25) is 4.79 Å². The lowest BCUT2D eigenvalue weighted by molar-refractivity contribution is 0.0955. The van der Waals surface area contributed by atoms with Gasteiger partial charge in [-0.05, 0) is 42.8 Å². The molecule has 0 aliphatic rings. The van der Waals surface area contributed by atoms with Gasteiger partial charge < -0.3 is 14.9 Å². The quantitative estimate of drug-likeness (QED) is 0.362. The molecule has 6 nitrogen and oxygen atoms in total. The van der Waals surface area contributed by atoms with E-state index in [1.165, 1.54) is 37.3 Å². The van der Waals surface area contributed by atoms with Crippen LogP contribution < -0.4 is 10.2 Å². The Balaban J connectivity index is 1.82. The van der Waals surface area contributed by atoms with Crippen molar-refractivity contribution in [1.29, 1.82) is 0 Å². The van der Waals surface area contributed by atoms with E-state index in [1.807, 2.05) is 0 Å². The maximum absolute atomic E-state index is 12.0. The number of benzene rings is 2. The normalized spacial score (nSPS) is 10.8. The number of phenols is 2. The van der Waals surface area contributed by atoms with Crippen LogP contribution in [-0.4, -0.2) is 28.9 Å². The van der Waals surface area contributed by atoms with E-state index in [-0.39, 0.29) is 17.4 Å². The Labute approximate surface area is 153 Å². The standard InChI is InChI=1S/C20H24N2O4/c1-2-3-4-5-12-26-18-10-7-15(8-11-18)20(25)22-21-14-16-6-9-17(23)13-19(16)24/h6-11,13-14,23-24H,2-5,12H2,1H3,(H,22,25)/b21-14+. The number of amides is 1. The number of carbonyl (C=O) groups excluding carboxylic acids is 1. The predicted octanol–water partition coefficient (Wildman–Crippen LogP) is 3.82. The summed E-state index contributed by atoms with van der Waals surface area (Å²) in [5.74, 6) is 0.198. The summed E-state index contributed by atoms with van der Waals surface area (Å²) >= 11 is 0. The summed E-state index contributed by atoms with van der Waals surface area (Å²) in [6.45, 7) is 2.84. The molecule has 0 fully saturated rings. The van der Waals surface area contributed by atoms with E-state index >= 15 is 0 Å². The van der Waals surface area contributed by atoms with Crippen LogP contribution in [0.25, 0.3) is 0 Å². The molecule has 3 N–H and O–H groups in total. The molecule has 0 bridgehead atoms. The number of phenolic OH excluding ortho intramolecular Hbond substituents is 2. The fourth-order valence-electron chi connectivity index (χ4n) is 2.29. The molecule has 0 aliphatic heterocycles. The van der Waals surface area contributed by atoms with E-state index in [9.17, 15) is 15.0 Å². The molecule has 0 saturated carbocycles. The number of unbranched alkanes of at least 4 members (excludes halogenated alkanes) is 3. The third-order valence-electron chi connectivity index (χ3n) is 3.77. The van der Waals surface area contributed by atoms with Crippen LogP contribution >= 0.6 is 0 Å². The summed E-state index contributed by atoms with van der Waals surface area (Å²) in [4.78, 5) is 12.0. The summed E-state index contributed by atoms with van der Waals surface area (Å²) in [5, 5.41) is 22.7. The zero-order chi connectivity index (χ0) is 18.8. The average Bonchev–Trinajstić information content (AvgIpc) is 2.64. The van der Waals surface area contributed by atoms with Crippen molar-refractivity contribution < 1.29 is 19.7 Å². The molecule has 2 rings (SSSR count). The maximum atomic E-state index is 12.0. The summed E-state index contributed by atoms with van der Waals surface area (Å²) < 4.78 is 5.64. The fraction of sp³-hybridized carbons (Fsp3) is 0.300. The van der Waals surface area contributed by atoms with Crippen LogP contribution in [0.15, 0.2) is 47.6 Å². The van der Waals surface area contributed by atoms with Gasteiger partial charge in [0.25, 0.3) is 5.91 Å². The number of aromatic hydroxyl groups is 2. The second kappa shape index (κ2) is 10.1. The van der Waals surface area contributed by atoms with Crippen molar-refractivity contribution >= 4 is 12.1 Å². The second-order valence-electron chi connectivity index (χ2n) is 5.88. The Bertz CT molecular complexity index is 742. The van der Waals surface area contributed by atoms with Crippen molar-refractivity contribution in [1.82, 2.24) is 5.43 Å². The molecule has 1 amide bonds. The smallest absolute Gasteiger partial charge is 0.271 e. The molecule has 26 heavy (non-hydrogen) atoms. The monoisotopic (exact) mass is 356 g/mol. The van der Waals surface area contributed by atoms with Crippen LogP contribution in [-0.2, 0) is 0 Å². The molecule has 0 spiro atoms. The Morgan fingerprint density at radius 3 is 2.58 bits per heavy atom. The number of nitrogens with zero attached hydrogens (tertiary/aromatic N) is 1. The molecular weight excluding hydrogens is 332 g/mol. The van der Waals surface area contributed by atoms with Gasteiger partial charge >= 0.3 is 0 Å². The van der Waals surface area contributed by atoms with Gasteiger partial charge in [0.1, 0.15) is 17.2 Å². The van der Waals surface area contributed by atoms with Crippen LogP contribution in [0.2, 0.25) is 0 Å². The van der Waals surface area contributed by atoms with Gasteiger partial charge in [-0.25, -0.2) is 5.43 Å². The molecule has 0 atom stereocenters. The molecule has 2 aromatic carbocycles. The van der Waals surface area contributed by atoms with Crippen molar-refractivity contribution in [2.45, 2.75) is 32.6 Å². The number of hydrogen-bond donors (Lipinski definition) is 3. The van der Waals surface area contributed by atoms with Crippen molar-refractivity contribution in [2.75, 3.05) is 6.61 Å². The molecule has 0 aliphatic carbocycles. The minimum absolute atomic E-state index is 0.0450. The topological polar surface area (TPSA) is 91.2 Å². The minimum Gasteiger partial charge on any atom is -0.508 e. The van der Waals surface area contributed by atoms with Gasteiger partial charge in [-0.15, -0.1) is 0 Å². The predicted molar refractivity (Wildman–Crippen MR) is 101 cm³/mol. The minimum atomic E-state index is -0.367. The Morgan fingerprint density at radius 1 is 1.12 bits per heavy atom. The highest BCUT2D eigenvalue weighted by Gasteiger charge is 2.05. The SMILES string of the molecule is CCCCCCOc1ccc(C(=O)N/N=C/c2ccc(O)cc2O)cc1. The van der Waals surface area contributed by atoms with Crippen molar-refractivity contribution in [3.63, 3.8) is 0 Å². The first-order valence-corrected chi connectivity index (χ1v) is 8.68. The third-order valence-corrected chi connectivity index (χ3v) is 3.77. The molecule has 0 aromatic heterocycles. The number of rotatable bonds is 9. The van der Waals surface area contributed by atoms with E-state index in [4.69, 9.17) is 4.74 Å². The Kier molecular flexibility index (Phi) is 7.49.